The number of imidazole rings is 1. The summed E-state index contributed by atoms with van der Waals surface area (Å²) in [5, 5.41) is 18.4. The molecule has 0 radical (unpaired) electrons. The van der Waals surface area contributed by atoms with Gasteiger partial charge in [-0.1, -0.05) is 11.6 Å². The monoisotopic (exact) mass is 324 g/mol. The molecule has 0 amide bonds. The average molecular weight is 325 g/mol. The van der Waals surface area contributed by atoms with Gasteiger partial charge in [0.05, 0.1) is 12.9 Å². The minimum Gasteiger partial charge on any atom is -0.394 e. The molecule has 110 valence electrons. The van der Waals surface area contributed by atoms with Crippen molar-refractivity contribution in [2.75, 3.05) is 13.3 Å². The zero-order valence-corrected chi connectivity index (χ0v) is 11.6. The molecule has 0 aromatic carbocycles. The molecule has 0 spiro atoms. The molecule has 0 saturated heterocycles. The number of aliphatic hydroxyl groups is 2. The van der Waals surface area contributed by atoms with E-state index in [0.29, 0.717) is 11.2 Å². The van der Waals surface area contributed by atoms with Gasteiger partial charge in [0.2, 0.25) is 5.28 Å². The van der Waals surface area contributed by atoms with E-state index >= 15 is 0 Å². The molecule has 20 heavy (non-hydrogen) atoms. The number of fused-ring (bicyclic) bond motifs is 1. The molecule has 0 bridgehead atoms. The van der Waals surface area contributed by atoms with E-state index in [9.17, 15) is 9.50 Å². The number of aromatic nitrogens is 4. The van der Waals surface area contributed by atoms with Crippen molar-refractivity contribution in [3.63, 3.8) is 0 Å². The molecule has 1 unspecified atom stereocenters. The zero-order valence-electron chi connectivity index (χ0n) is 10.1. The van der Waals surface area contributed by atoms with Crippen molar-refractivity contribution in [2.45, 2.75) is 18.9 Å². The van der Waals surface area contributed by atoms with Gasteiger partial charge >= 0.3 is 0 Å². The van der Waals surface area contributed by atoms with E-state index in [-0.39, 0.29) is 17.2 Å². The lowest BCUT2D eigenvalue weighted by molar-refractivity contribution is -0.0919. The summed E-state index contributed by atoms with van der Waals surface area (Å²) < 4.78 is 19.0. The number of aliphatic hydroxyl groups excluding tert-OH is 2. The Hall–Kier alpha value is -1.06. The first-order chi connectivity index (χ1) is 9.56. The molecule has 2 aromatic heterocycles. The second-order valence-corrected chi connectivity index (χ2v) is 4.60. The van der Waals surface area contributed by atoms with Crippen LogP contribution in [-0.2, 0) is 11.5 Å². The topological polar surface area (TPSA) is 93.3 Å². The van der Waals surface area contributed by atoms with E-state index in [1.165, 1.54) is 10.9 Å². The highest BCUT2D eigenvalue weighted by atomic mass is 35.5. The Balaban J connectivity index is 2.18. The molecule has 0 saturated carbocycles. The predicted molar refractivity (Wildman–Crippen MR) is 69.3 cm³/mol. The molecule has 10 heteroatoms. The van der Waals surface area contributed by atoms with Crippen molar-refractivity contribution in [2.24, 2.45) is 0 Å². The van der Waals surface area contributed by atoms with Crippen molar-refractivity contribution >= 4 is 34.4 Å². The molecule has 2 rings (SSSR count). The molecule has 2 heterocycles. The summed E-state index contributed by atoms with van der Waals surface area (Å²) in [6.45, 7) is -1.65. The van der Waals surface area contributed by atoms with Gasteiger partial charge in [0.15, 0.2) is 10.8 Å². The van der Waals surface area contributed by atoms with Gasteiger partial charge in [-0.3, -0.25) is 4.57 Å². The summed E-state index contributed by atoms with van der Waals surface area (Å²) in [7, 11) is 0. The molecule has 0 aliphatic heterocycles. The Morgan fingerprint density at radius 1 is 1.40 bits per heavy atom. The highest BCUT2D eigenvalue weighted by Gasteiger charge is 2.20. The molecule has 2 N–H and O–H groups in total. The van der Waals surface area contributed by atoms with E-state index in [0.717, 1.165) is 0 Å². The van der Waals surface area contributed by atoms with Crippen LogP contribution in [0.5, 0.6) is 0 Å². The SMILES string of the molecule is OCC(OCn1cnc2c(Cl)nc(Cl)nc21)[C@H](O)CF. The Labute approximate surface area is 122 Å². The fraction of sp³-hybridized carbons (Fsp3) is 0.500. The minimum atomic E-state index is -1.41. The van der Waals surface area contributed by atoms with Gasteiger partial charge in [0.1, 0.15) is 31.1 Å². The lowest BCUT2D eigenvalue weighted by Crippen LogP contribution is -2.34. The van der Waals surface area contributed by atoms with Crippen LogP contribution in [0.4, 0.5) is 4.39 Å². The van der Waals surface area contributed by atoms with E-state index < -0.39 is 25.5 Å². The maximum Gasteiger partial charge on any atom is 0.225 e. The van der Waals surface area contributed by atoms with Crippen molar-refractivity contribution in [1.82, 2.24) is 19.5 Å². The van der Waals surface area contributed by atoms with E-state index in [4.69, 9.17) is 33.0 Å². The first-order valence-corrected chi connectivity index (χ1v) is 6.32. The van der Waals surface area contributed by atoms with Crippen LogP contribution in [0, 0.1) is 0 Å². The van der Waals surface area contributed by atoms with E-state index in [1.54, 1.807) is 0 Å². The minimum absolute atomic E-state index is 0.0493. The van der Waals surface area contributed by atoms with Crippen molar-refractivity contribution in [3.05, 3.63) is 16.8 Å². The fourth-order valence-electron chi connectivity index (χ4n) is 1.54. The van der Waals surface area contributed by atoms with Crippen molar-refractivity contribution in [3.8, 4) is 0 Å². The summed E-state index contributed by atoms with van der Waals surface area (Å²) in [5.41, 5.74) is 0.674. The van der Waals surface area contributed by atoms with Crippen LogP contribution in [0.15, 0.2) is 6.33 Å². The molecular weight excluding hydrogens is 314 g/mol. The number of ether oxygens (including phenoxy) is 1. The van der Waals surface area contributed by atoms with Crippen molar-refractivity contribution < 1.29 is 19.3 Å². The van der Waals surface area contributed by atoms with Crippen LogP contribution in [0.3, 0.4) is 0 Å². The molecule has 2 aromatic rings. The maximum atomic E-state index is 12.3. The van der Waals surface area contributed by atoms with Crippen LogP contribution in [0.2, 0.25) is 10.4 Å². The summed E-state index contributed by atoms with van der Waals surface area (Å²) in [5.74, 6) is 0. The van der Waals surface area contributed by atoms with Gasteiger partial charge in [0, 0.05) is 0 Å². The van der Waals surface area contributed by atoms with Crippen LogP contribution in [0.25, 0.3) is 11.2 Å². The first-order valence-electron chi connectivity index (χ1n) is 5.57. The third kappa shape index (κ3) is 3.15. The molecule has 0 fully saturated rings. The highest BCUT2D eigenvalue weighted by Crippen LogP contribution is 2.20. The van der Waals surface area contributed by atoms with Crippen LogP contribution < -0.4 is 0 Å². The Kier molecular flexibility index (Phi) is 5.06. The largest absolute Gasteiger partial charge is 0.394 e. The fourth-order valence-corrected chi connectivity index (χ4v) is 1.96. The van der Waals surface area contributed by atoms with Gasteiger partial charge in [0.25, 0.3) is 0 Å². The van der Waals surface area contributed by atoms with Crippen LogP contribution in [-0.4, -0.2) is 55.2 Å². The van der Waals surface area contributed by atoms with Gasteiger partial charge < -0.3 is 14.9 Å². The summed E-state index contributed by atoms with van der Waals surface area (Å²) in [6, 6.07) is 0. The average Bonchev–Trinajstić information content (AvgIpc) is 2.82. The normalized spacial score (nSPS) is 14.7. The quantitative estimate of drug-likeness (QED) is 0.603. The van der Waals surface area contributed by atoms with Gasteiger partial charge in [-0.15, -0.1) is 0 Å². The number of hydrogen-bond donors (Lipinski definition) is 2. The van der Waals surface area contributed by atoms with Gasteiger partial charge in [-0.25, -0.2) is 14.4 Å². The van der Waals surface area contributed by atoms with Crippen molar-refractivity contribution in [1.29, 1.82) is 0 Å². The Bertz CT molecular complexity index is 597. The number of hydrogen-bond acceptors (Lipinski definition) is 6. The predicted octanol–water partition coefficient (Wildman–Crippen LogP) is 0.799. The second-order valence-electron chi connectivity index (χ2n) is 3.91. The third-order valence-electron chi connectivity index (χ3n) is 2.59. The summed E-state index contributed by atoms with van der Waals surface area (Å²) in [6.07, 6.45) is -1.07. The Morgan fingerprint density at radius 3 is 2.80 bits per heavy atom. The number of rotatable bonds is 6. The lowest BCUT2D eigenvalue weighted by atomic mass is 10.2. The standard InChI is InChI=1S/C10H11Cl2FN4O3/c11-8-7-9(16-10(12)15-8)17(3-14-7)4-20-6(2-18)5(19)1-13/h3,5-6,18-19H,1-2,4H2/t5-,6?/m1/s1. The molecule has 0 aliphatic carbocycles. The third-order valence-corrected chi connectivity index (χ3v) is 3.02. The maximum absolute atomic E-state index is 12.3. The second kappa shape index (κ2) is 6.59. The molecule has 7 nitrogen and oxygen atoms in total. The lowest BCUT2D eigenvalue weighted by Gasteiger charge is -2.19. The smallest absolute Gasteiger partial charge is 0.225 e. The van der Waals surface area contributed by atoms with Crippen LogP contribution >= 0.6 is 23.2 Å². The summed E-state index contributed by atoms with van der Waals surface area (Å²) in [4.78, 5) is 11.7. The molecule has 0 aliphatic rings. The van der Waals surface area contributed by atoms with Crippen LogP contribution in [0.1, 0.15) is 0 Å². The number of alkyl halides is 1. The number of halogens is 3. The molecular formula is C10H11Cl2FN4O3. The number of nitrogens with zero attached hydrogens (tertiary/aromatic N) is 4. The van der Waals surface area contributed by atoms with Gasteiger partial charge in [-0.2, -0.15) is 4.98 Å². The van der Waals surface area contributed by atoms with E-state index in [2.05, 4.69) is 15.0 Å². The summed E-state index contributed by atoms with van der Waals surface area (Å²) >= 11 is 11.6. The van der Waals surface area contributed by atoms with E-state index in [1.807, 2.05) is 0 Å². The highest BCUT2D eigenvalue weighted by molar-refractivity contribution is 6.35. The first kappa shape index (κ1) is 15.3. The Morgan fingerprint density at radius 2 is 2.15 bits per heavy atom. The van der Waals surface area contributed by atoms with Gasteiger partial charge in [-0.05, 0) is 11.6 Å². The molecule has 2 atom stereocenters. The zero-order chi connectivity index (χ0) is 14.7.